The zero-order valence-electron chi connectivity index (χ0n) is 10.3. The first-order valence-corrected chi connectivity index (χ1v) is 5.69. The zero-order valence-corrected chi connectivity index (χ0v) is 10.3. The van der Waals surface area contributed by atoms with E-state index in [1.54, 1.807) is 0 Å². The van der Waals surface area contributed by atoms with Crippen molar-refractivity contribution in [3.05, 3.63) is 18.0 Å². The van der Waals surface area contributed by atoms with Crippen molar-refractivity contribution in [3.63, 3.8) is 0 Å². The van der Waals surface area contributed by atoms with Gasteiger partial charge >= 0.3 is 0 Å². The average molecular weight is 209 g/mol. The number of nitrogens with zero attached hydrogens (tertiary/aromatic N) is 2. The summed E-state index contributed by atoms with van der Waals surface area (Å²) in [4.78, 5) is 0. The topological polar surface area (TPSA) is 43.8 Å². The Labute approximate surface area is 92.7 Å². The van der Waals surface area contributed by atoms with E-state index in [0.29, 0.717) is 0 Å². The Morgan fingerprint density at radius 2 is 2.20 bits per heavy atom. The van der Waals surface area contributed by atoms with Gasteiger partial charge in [-0.2, -0.15) is 5.10 Å². The first-order valence-electron chi connectivity index (χ1n) is 5.69. The lowest BCUT2D eigenvalue weighted by Crippen LogP contribution is -2.37. The molecule has 1 aromatic heterocycles. The van der Waals surface area contributed by atoms with Gasteiger partial charge in [0, 0.05) is 19.3 Å². The third-order valence-corrected chi connectivity index (χ3v) is 3.42. The summed E-state index contributed by atoms with van der Waals surface area (Å²) in [5.74, 6) is 0. The second kappa shape index (κ2) is 4.79. The van der Waals surface area contributed by atoms with Crippen molar-refractivity contribution < 1.29 is 0 Å². The molecule has 2 N–H and O–H groups in total. The minimum absolute atomic E-state index is 0.238. The Hall–Kier alpha value is -0.830. The Morgan fingerprint density at radius 3 is 2.67 bits per heavy atom. The van der Waals surface area contributed by atoms with Crippen molar-refractivity contribution >= 4 is 0 Å². The highest BCUT2D eigenvalue weighted by Gasteiger charge is 2.23. The second-order valence-corrected chi connectivity index (χ2v) is 5.01. The van der Waals surface area contributed by atoms with Gasteiger partial charge in [-0.15, -0.1) is 0 Å². The van der Waals surface area contributed by atoms with Crippen LogP contribution >= 0.6 is 0 Å². The molecule has 0 radical (unpaired) electrons. The molecule has 1 unspecified atom stereocenters. The van der Waals surface area contributed by atoms with Crippen LogP contribution in [0.2, 0.25) is 0 Å². The molecule has 1 aromatic rings. The molecule has 0 saturated heterocycles. The third kappa shape index (κ3) is 3.34. The standard InChI is InChI=1S/C12H23N3/c1-5-12(2,3)11(13)7-6-10-8-14-15(4)9-10/h8-9,11H,5-7,13H2,1-4H3. The molecule has 0 aliphatic rings. The maximum Gasteiger partial charge on any atom is 0.0521 e. The van der Waals surface area contributed by atoms with E-state index in [4.69, 9.17) is 5.73 Å². The van der Waals surface area contributed by atoms with Gasteiger partial charge < -0.3 is 5.73 Å². The summed E-state index contributed by atoms with van der Waals surface area (Å²) in [6.07, 6.45) is 7.17. The van der Waals surface area contributed by atoms with Gasteiger partial charge in [-0.3, -0.25) is 4.68 Å². The summed E-state index contributed by atoms with van der Waals surface area (Å²) in [5, 5.41) is 4.15. The van der Waals surface area contributed by atoms with Gasteiger partial charge in [0.1, 0.15) is 0 Å². The molecule has 3 nitrogen and oxygen atoms in total. The molecule has 1 heterocycles. The predicted octanol–water partition coefficient (Wildman–Crippen LogP) is 2.12. The molecule has 15 heavy (non-hydrogen) atoms. The fourth-order valence-electron chi connectivity index (χ4n) is 1.58. The normalized spacial score (nSPS) is 14.2. The van der Waals surface area contributed by atoms with Crippen molar-refractivity contribution in [2.45, 2.75) is 46.1 Å². The van der Waals surface area contributed by atoms with Gasteiger partial charge in [-0.25, -0.2) is 0 Å². The summed E-state index contributed by atoms with van der Waals surface area (Å²) in [6.45, 7) is 6.67. The maximum absolute atomic E-state index is 6.19. The molecule has 3 heteroatoms. The van der Waals surface area contributed by atoms with Crippen LogP contribution in [0.5, 0.6) is 0 Å². The van der Waals surface area contributed by atoms with E-state index in [2.05, 4.69) is 32.1 Å². The van der Waals surface area contributed by atoms with Crippen LogP contribution in [0.25, 0.3) is 0 Å². The van der Waals surface area contributed by atoms with Gasteiger partial charge in [0.15, 0.2) is 0 Å². The number of hydrogen-bond donors (Lipinski definition) is 1. The first-order chi connectivity index (χ1) is 6.95. The minimum atomic E-state index is 0.238. The fraction of sp³-hybridized carbons (Fsp3) is 0.750. The monoisotopic (exact) mass is 209 g/mol. The SMILES string of the molecule is CCC(C)(C)C(N)CCc1cnn(C)c1. The van der Waals surface area contributed by atoms with E-state index in [-0.39, 0.29) is 11.5 Å². The summed E-state index contributed by atoms with van der Waals surface area (Å²) in [5.41, 5.74) is 7.71. The number of nitrogens with two attached hydrogens (primary N) is 1. The fourth-order valence-corrected chi connectivity index (χ4v) is 1.58. The van der Waals surface area contributed by atoms with Crippen LogP contribution in [0.15, 0.2) is 12.4 Å². The van der Waals surface area contributed by atoms with E-state index in [1.807, 2.05) is 17.9 Å². The molecule has 0 amide bonds. The van der Waals surface area contributed by atoms with E-state index in [1.165, 1.54) is 5.56 Å². The van der Waals surface area contributed by atoms with E-state index >= 15 is 0 Å². The van der Waals surface area contributed by atoms with Gasteiger partial charge in [0.25, 0.3) is 0 Å². The first kappa shape index (κ1) is 12.2. The van der Waals surface area contributed by atoms with Crippen molar-refractivity contribution in [1.82, 2.24) is 9.78 Å². The average Bonchev–Trinajstić information content (AvgIpc) is 2.60. The quantitative estimate of drug-likeness (QED) is 0.807. The number of hydrogen-bond acceptors (Lipinski definition) is 2. The number of aromatic nitrogens is 2. The highest BCUT2D eigenvalue weighted by Crippen LogP contribution is 2.26. The predicted molar refractivity (Wildman–Crippen MR) is 63.6 cm³/mol. The van der Waals surface area contributed by atoms with Crippen LogP contribution in [0.1, 0.15) is 39.2 Å². The molecule has 0 saturated carbocycles. The van der Waals surface area contributed by atoms with Gasteiger partial charge in [-0.1, -0.05) is 20.8 Å². The minimum Gasteiger partial charge on any atom is -0.327 e. The molecule has 0 fully saturated rings. The Kier molecular flexibility index (Phi) is 3.91. The zero-order chi connectivity index (χ0) is 11.5. The van der Waals surface area contributed by atoms with Crippen molar-refractivity contribution in [3.8, 4) is 0 Å². The molecule has 0 spiro atoms. The summed E-state index contributed by atoms with van der Waals surface area (Å²) in [7, 11) is 1.94. The van der Waals surface area contributed by atoms with Crippen molar-refractivity contribution in [2.24, 2.45) is 18.2 Å². The Bertz CT molecular complexity index is 302. The molecule has 0 bridgehead atoms. The Balaban J connectivity index is 2.44. The molecule has 0 aliphatic carbocycles. The van der Waals surface area contributed by atoms with Gasteiger partial charge in [-0.05, 0) is 30.2 Å². The smallest absolute Gasteiger partial charge is 0.0521 e. The lowest BCUT2D eigenvalue weighted by molar-refractivity contribution is 0.263. The van der Waals surface area contributed by atoms with Gasteiger partial charge in [0.05, 0.1) is 6.20 Å². The molecule has 1 atom stereocenters. The van der Waals surface area contributed by atoms with E-state index in [9.17, 15) is 0 Å². The third-order valence-electron chi connectivity index (χ3n) is 3.42. The molecule has 0 aromatic carbocycles. The van der Waals surface area contributed by atoms with Crippen LogP contribution in [-0.2, 0) is 13.5 Å². The largest absolute Gasteiger partial charge is 0.327 e. The van der Waals surface area contributed by atoms with E-state index < -0.39 is 0 Å². The second-order valence-electron chi connectivity index (χ2n) is 5.01. The van der Waals surface area contributed by atoms with Crippen LogP contribution < -0.4 is 5.73 Å². The molecular formula is C12H23N3. The maximum atomic E-state index is 6.19. The molecule has 0 aliphatic heterocycles. The molecule has 1 rings (SSSR count). The number of rotatable bonds is 5. The van der Waals surface area contributed by atoms with Crippen LogP contribution in [0.4, 0.5) is 0 Å². The van der Waals surface area contributed by atoms with Gasteiger partial charge in [0.2, 0.25) is 0 Å². The van der Waals surface area contributed by atoms with Crippen LogP contribution in [-0.4, -0.2) is 15.8 Å². The Morgan fingerprint density at radius 1 is 1.53 bits per heavy atom. The van der Waals surface area contributed by atoms with Crippen molar-refractivity contribution in [2.75, 3.05) is 0 Å². The summed E-state index contributed by atoms with van der Waals surface area (Å²) in [6, 6.07) is 0.266. The highest BCUT2D eigenvalue weighted by molar-refractivity contribution is 5.04. The summed E-state index contributed by atoms with van der Waals surface area (Å²) < 4.78 is 1.84. The lowest BCUT2D eigenvalue weighted by Gasteiger charge is -2.30. The van der Waals surface area contributed by atoms with Crippen LogP contribution in [0.3, 0.4) is 0 Å². The summed E-state index contributed by atoms with van der Waals surface area (Å²) >= 11 is 0. The van der Waals surface area contributed by atoms with Crippen molar-refractivity contribution in [1.29, 1.82) is 0 Å². The lowest BCUT2D eigenvalue weighted by atomic mass is 9.80. The highest BCUT2D eigenvalue weighted by atomic mass is 15.2. The molecule has 86 valence electrons. The van der Waals surface area contributed by atoms with Crippen LogP contribution in [0, 0.1) is 5.41 Å². The number of aryl methyl sites for hydroxylation is 2. The van der Waals surface area contributed by atoms with E-state index in [0.717, 1.165) is 19.3 Å². The molecular weight excluding hydrogens is 186 g/mol.